The van der Waals surface area contributed by atoms with E-state index in [1.54, 1.807) is 0 Å². The molecule has 2 nitrogen and oxygen atoms in total. The maximum atomic E-state index is 4.72. The van der Waals surface area contributed by atoms with Gasteiger partial charge in [-0.1, -0.05) is 59.7 Å². The van der Waals surface area contributed by atoms with Crippen molar-refractivity contribution in [2.45, 2.75) is 52.4 Å². The molecule has 1 N–H and O–H groups in total. The Bertz CT molecular complexity index is 560. The molecule has 1 aromatic carbocycles. The zero-order valence-corrected chi connectivity index (χ0v) is 14.0. The fraction of sp³-hybridized carbons (Fsp3) is 0.421. The van der Waals surface area contributed by atoms with Gasteiger partial charge >= 0.3 is 0 Å². The van der Waals surface area contributed by atoms with Gasteiger partial charge in [-0.3, -0.25) is 0 Å². The van der Waals surface area contributed by atoms with Crippen LogP contribution in [-0.2, 0) is 10.8 Å². The molecule has 0 atom stereocenters. The van der Waals surface area contributed by atoms with Crippen LogP contribution in [0.5, 0.6) is 0 Å². The van der Waals surface area contributed by atoms with E-state index < -0.39 is 0 Å². The summed E-state index contributed by atoms with van der Waals surface area (Å²) in [5, 5.41) is 3.42. The van der Waals surface area contributed by atoms with Crippen molar-refractivity contribution in [2.24, 2.45) is 0 Å². The molecule has 0 radical (unpaired) electrons. The summed E-state index contributed by atoms with van der Waals surface area (Å²) < 4.78 is 0. The number of aromatic nitrogens is 1. The Morgan fingerprint density at radius 2 is 1.48 bits per heavy atom. The summed E-state index contributed by atoms with van der Waals surface area (Å²) in [7, 11) is 0. The zero-order valence-electron chi connectivity index (χ0n) is 14.0. The van der Waals surface area contributed by atoms with Crippen LogP contribution in [0.4, 0.5) is 11.5 Å². The highest BCUT2D eigenvalue weighted by atomic mass is 15.0. The van der Waals surface area contributed by atoms with E-state index in [0.29, 0.717) is 0 Å². The van der Waals surface area contributed by atoms with Crippen molar-refractivity contribution in [3.63, 3.8) is 0 Å². The molecule has 0 aliphatic carbocycles. The number of benzene rings is 1. The highest BCUT2D eigenvalue weighted by Gasteiger charge is 2.16. The van der Waals surface area contributed by atoms with Gasteiger partial charge in [0.2, 0.25) is 0 Å². The van der Waals surface area contributed by atoms with Crippen molar-refractivity contribution in [3.8, 4) is 0 Å². The molecule has 0 fully saturated rings. The minimum absolute atomic E-state index is 0.0605. The predicted octanol–water partition coefficient (Wildman–Crippen LogP) is 5.42. The molecular formula is C19H26N2. The Labute approximate surface area is 128 Å². The number of hydrogen-bond donors (Lipinski definition) is 1. The van der Waals surface area contributed by atoms with Gasteiger partial charge in [0.1, 0.15) is 5.82 Å². The van der Waals surface area contributed by atoms with Crippen LogP contribution in [0.15, 0.2) is 42.5 Å². The van der Waals surface area contributed by atoms with Gasteiger partial charge in [-0.2, -0.15) is 0 Å². The molecule has 2 aromatic rings. The lowest BCUT2D eigenvalue weighted by Gasteiger charge is -2.21. The minimum Gasteiger partial charge on any atom is -0.340 e. The third-order valence-corrected chi connectivity index (χ3v) is 3.52. The Kier molecular flexibility index (Phi) is 4.08. The molecule has 0 amide bonds. The fourth-order valence-corrected chi connectivity index (χ4v) is 2.13. The molecule has 0 saturated heterocycles. The van der Waals surface area contributed by atoms with E-state index in [1.807, 2.05) is 6.07 Å². The number of anilines is 2. The van der Waals surface area contributed by atoms with Gasteiger partial charge in [0.15, 0.2) is 0 Å². The van der Waals surface area contributed by atoms with Crippen LogP contribution in [0.1, 0.15) is 52.8 Å². The highest BCUT2D eigenvalue weighted by Crippen LogP contribution is 2.27. The Hall–Kier alpha value is -1.83. The smallest absolute Gasteiger partial charge is 0.130 e. The lowest BCUT2D eigenvalue weighted by atomic mass is 9.87. The van der Waals surface area contributed by atoms with Gasteiger partial charge in [-0.25, -0.2) is 4.98 Å². The Balaban J connectivity index is 2.27. The van der Waals surface area contributed by atoms with Crippen LogP contribution >= 0.6 is 0 Å². The average Bonchev–Trinajstić information content (AvgIpc) is 2.37. The summed E-state index contributed by atoms with van der Waals surface area (Å²) in [6.45, 7) is 13.2. The summed E-state index contributed by atoms with van der Waals surface area (Å²) in [5.41, 5.74) is 3.71. The van der Waals surface area contributed by atoms with E-state index in [1.165, 1.54) is 5.56 Å². The summed E-state index contributed by atoms with van der Waals surface area (Å²) >= 11 is 0. The molecule has 2 heteroatoms. The molecule has 0 spiro atoms. The van der Waals surface area contributed by atoms with E-state index in [9.17, 15) is 0 Å². The molecule has 2 rings (SSSR count). The van der Waals surface area contributed by atoms with E-state index in [4.69, 9.17) is 4.98 Å². The van der Waals surface area contributed by atoms with E-state index in [2.05, 4.69) is 83.3 Å². The van der Waals surface area contributed by atoms with Crippen molar-refractivity contribution in [3.05, 3.63) is 53.7 Å². The Morgan fingerprint density at radius 3 is 2.10 bits per heavy atom. The van der Waals surface area contributed by atoms with Gasteiger partial charge in [-0.05, 0) is 35.2 Å². The minimum atomic E-state index is 0.0605. The molecule has 112 valence electrons. The zero-order chi connectivity index (χ0) is 15.7. The standard InChI is InChI=1S/C19H26N2/c1-18(2,3)14-9-7-10-15(13-14)20-17-12-8-11-16(21-17)19(4,5)6/h7-13H,1-6H3,(H,20,21). The number of hydrogen-bond acceptors (Lipinski definition) is 2. The number of nitrogens with zero attached hydrogens (tertiary/aromatic N) is 1. The monoisotopic (exact) mass is 282 g/mol. The van der Waals surface area contributed by atoms with Crippen molar-refractivity contribution in [1.29, 1.82) is 0 Å². The van der Waals surface area contributed by atoms with Crippen LogP contribution in [0.2, 0.25) is 0 Å². The summed E-state index contributed by atoms with van der Waals surface area (Å²) in [6.07, 6.45) is 0. The third kappa shape index (κ3) is 4.07. The molecule has 0 bridgehead atoms. The largest absolute Gasteiger partial charge is 0.340 e. The van der Waals surface area contributed by atoms with Gasteiger partial charge in [0.05, 0.1) is 0 Å². The van der Waals surface area contributed by atoms with Crippen LogP contribution in [0.3, 0.4) is 0 Å². The first-order chi connectivity index (χ1) is 9.66. The second kappa shape index (κ2) is 5.51. The summed E-state index contributed by atoms with van der Waals surface area (Å²) in [6, 6.07) is 14.7. The first kappa shape index (κ1) is 15.6. The topological polar surface area (TPSA) is 24.9 Å². The van der Waals surface area contributed by atoms with Crippen molar-refractivity contribution >= 4 is 11.5 Å². The quantitative estimate of drug-likeness (QED) is 0.795. The normalized spacial score (nSPS) is 12.3. The Morgan fingerprint density at radius 1 is 0.810 bits per heavy atom. The van der Waals surface area contributed by atoms with E-state index in [0.717, 1.165) is 17.2 Å². The molecule has 0 aliphatic rings. The summed E-state index contributed by atoms with van der Waals surface area (Å²) in [4.78, 5) is 4.72. The predicted molar refractivity (Wildman–Crippen MR) is 91.4 cm³/mol. The first-order valence-corrected chi connectivity index (χ1v) is 7.51. The van der Waals surface area contributed by atoms with E-state index >= 15 is 0 Å². The number of rotatable bonds is 2. The number of nitrogens with one attached hydrogen (secondary N) is 1. The lowest BCUT2D eigenvalue weighted by Crippen LogP contribution is -2.14. The maximum Gasteiger partial charge on any atom is 0.130 e. The highest BCUT2D eigenvalue weighted by molar-refractivity contribution is 5.57. The SMILES string of the molecule is CC(C)(C)c1cccc(Nc2cccc(C(C)(C)C)n2)c1. The van der Waals surface area contributed by atoms with E-state index in [-0.39, 0.29) is 10.8 Å². The van der Waals surface area contributed by atoms with Crippen LogP contribution in [0.25, 0.3) is 0 Å². The molecule has 21 heavy (non-hydrogen) atoms. The second-order valence-electron chi connectivity index (χ2n) is 7.61. The van der Waals surface area contributed by atoms with Crippen LogP contribution in [-0.4, -0.2) is 4.98 Å². The summed E-state index contributed by atoms with van der Waals surface area (Å²) in [5.74, 6) is 0.897. The second-order valence-corrected chi connectivity index (χ2v) is 7.61. The van der Waals surface area contributed by atoms with Gasteiger partial charge in [0, 0.05) is 16.8 Å². The third-order valence-electron chi connectivity index (χ3n) is 3.52. The van der Waals surface area contributed by atoms with Gasteiger partial charge in [-0.15, -0.1) is 0 Å². The first-order valence-electron chi connectivity index (χ1n) is 7.51. The van der Waals surface area contributed by atoms with Crippen molar-refractivity contribution in [1.82, 2.24) is 4.98 Å². The molecule has 0 unspecified atom stereocenters. The van der Waals surface area contributed by atoms with Crippen LogP contribution < -0.4 is 5.32 Å². The van der Waals surface area contributed by atoms with Crippen molar-refractivity contribution in [2.75, 3.05) is 5.32 Å². The van der Waals surface area contributed by atoms with Gasteiger partial charge in [0.25, 0.3) is 0 Å². The molecule has 0 saturated carbocycles. The number of pyridine rings is 1. The van der Waals surface area contributed by atoms with Crippen molar-refractivity contribution < 1.29 is 0 Å². The van der Waals surface area contributed by atoms with Crippen LogP contribution in [0, 0.1) is 0 Å². The fourth-order valence-electron chi connectivity index (χ4n) is 2.13. The maximum absolute atomic E-state index is 4.72. The molecule has 1 heterocycles. The average molecular weight is 282 g/mol. The molecule has 1 aromatic heterocycles. The molecular weight excluding hydrogens is 256 g/mol. The van der Waals surface area contributed by atoms with Gasteiger partial charge < -0.3 is 5.32 Å². The lowest BCUT2D eigenvalue weighted by molar-refractivity contribution is 0.570. The molecule has 0 aliphatic heterocycles.